The first-order valence-electron chi connectivity index (χ1n) is 10.4. The van der Waals surface area contributed by atoms with Gasteiger partial charge in [-0.3, -0.25) is 4.79 Å². The standard InChI is InChI=1S/C22H27FN4O2/c1-2-19(29-20-9-4-3-7-16(20)23)22(28)27-12-10-17-15(14-27)13-25-21(26-17)18-8-5-6-11-24-18/h3-4,7,9,13,18-19,24H,2,5-6,8,10-12,14H2,1H3/t18-,19-/m1/s1. The van der Waals surface area contributed by atoms with Gasteiger partial charge in [-0.1, -0.05) is 25.5 Å². The fraction of sp³-hybridized carbons (Fsp3) is 0.500. The molecular formula is C22H27FN4O2. The van der Waals surface area contributed by atoms with E-state index in [9.17, 15) is 9.18 Å². The monoisotopic (exact) mass is 398 g/mol. The first-order chi connectivity index (χ1) is 14.2. The summed E-state index contributed by atoms with van der Waals surface area (Å²) < 4.78 is 19.6. The van der Waals surface area contributed by atoms with Gasteiger partial charge >= 0.3 is 0 Å². The van der Waals surface area contributed by atoms with Crippen LogP contribution in [0.15, 0.2) is 30.5 Å². The molecule has 154 valence electrons. The van der Waals surface area contributed by atoms with Crippen molar-refractivity contribution in [1.82, 2.24) is 20.2 Å². The molecule has 1 N–H and O–H groups in total. The van der Waals surface area contributed by atoms with Crippen LogP contribution in [0, 0.1) is 5.82 Å². The Bertz CT molecular complexity index is 870. The van der Waals surface area contributed by atoms with Crippen LogP contribution in [0.25, 0.3) is 0 Å². The van der Waals surface area contributed by atoms with Crippen molar-refractivity contribution < 1.29 is 13.9 Å². The zero-order chi connectivity index (χ0) is 20.2. The quantitative estimate of drug-likeness (QED) is 0.838. The lowest BCUT2D eigenvalue weighted by atomic mass is 10.0. The summed E-state index contributed by atoms with van der Waals surface area (Å²) in [4.78, 5) is 24.1. The highest BCUT2D eigenvalue weighted by Crippen LogP contribution is 2.24. The molecule has 0 saturated carbocycles. The molecule has 2 aliphatic rings. The lowest BCUT2D eigenvalue weighted by Crippen LogP contribution is -2.44. The average Bonchev–Trinajstić information content (AvgIpc) is 2.78. The van der Waals surface area contributed by atoms with E-state index in [-0.39, 0.29) is 17.7 Å². The van der Waals surface area contributed by atoms with Gasteiger partial charge in [0.15, 0.2) is 17.7 Å². The van der Waals surface area contributed by atoms with Crippen LogP contribution in [0.3, 0.4) is 0 Å². The molecule has 1 fully saturated rings. The number of para-hydroxylation sites is 1. The molecule has 0 aliphatic carbocycles. The number of piperidine rings is 1. The number of benzene rings is 1. The zero-order valence-electron chi connectivity index (χ0n) is 16.7. The lowest BCUT2D eigenvalue weighted by molar-refractivity contribution is -0.140. The van der Waals surface area contributed by atoms with Crippen molar-refractivity contribution in [3.05, 3.63) is 53.4 Å². The van der Waals surface area contributed by atoms with Crippen LogP contribution in [0.1, 0.15) is 55.7 Å². The van der Waals surface area contributed by atoms with Gasteiger partial charge in [-0.25, -0.2) is 14.4 Å². The molecule has 1 aromatic carbocycles. The summed E-state index contributed by atoms with van der Waals surface area (Å²) in [6.07, 6.45) is 5.77. The predicted molar refractivity (Wildman–Crippen MR) is 107 cm³/mol. The highest BCUT2D eigenvalue weighted by molar-refractivity contribution is 5.81. The summed E-state index contributed by atoms with van der Waals surface area (Å²) in [6, 6.07) is 6.41. The lowest BCUT2D eigenvalue weighted by Gasteiger charge is -2.31. The molecular weight excluding hydrogens is 371 g/mol. The van der Waals surface area contributed by atoms with Gasteiger partial charge in [-0.05, 0) is 37.9 Å². The number of hydrogen-bond donors (Lipinski definition) is 1. The fourth-order valence-electron chi connectivity index (χ4n) is 3.97. The smallest absolute Gasteiger partial charge is 0.263 e. The Balaban J connectivity index is 1.44. The van der Waals surface area contributed by atoms with E-state index in [0.29, 0.717) is 25.9 Å². The molecule has 3 heterocycles. The van der Waals surface area contributed by atoms with Crippen molar-refractivity contribution in [2.45, 2.75) is 57.7 Å². The minimum absolute atomic E-state index is 0.109. The SMILES string of the molecule is CC[C@@H](Oc1ccccc1F)C(=O)N1CCc2nc([C@H]3CCCCN3)ncc2C1. The molecule has 7 heteroatoms. The van der Waals surface area contributed by atoms with Crippen molar-refractivity contribution >= 4 is 5.91 Å². The average molecular weight is 398 g/mol. The molecule has 29 heavy (non-hydrogen) atoms. The molecule has 0 bridgehead atoms. The number of carbonyl (C=O) groups excluding carboxylic acids is 1. The van der Waals surface area contributed by atoms with E-state index < -0.39 is 11.9 Å². The largest absolute Gasteiger partial charge is 0.478 e. The molecule has 0 unspecified atom stereocenters. The van der Waals surface area contributed by atoms with Crippen LogP contribution in [0.5, 0.6) is 5.75 Å². The molecule has 2 aliphatic heterocycles. The minimum Gasteiger partial charge on any atom is -0.478 e. The fourth-order valence-corrected chi connectivity index (χ4v) is 3.97. The van der Waals surface area contributed by atoms with Gasteiger partial charge < -0.3 is 15.0 Å². The van der Waals surface area contributed by atoms with Crippen molar-refractivity contribution in [1.29, 1.82) is 0 Å². The molecule has 2 atom stereocenters. The number of nitrogens with one attached hydrogen (secondary N) is 1. The number of hydrogen-bond acceptors (Lipinski definition) is 5. The number of amides is 1. The van der Waals surface area contributed by atoms with Gasteiger partial charge in [0.1, 0.15) is 5.82 Å². The zero-order valence-corrected chi connectivity index (χ0v) is 16.7. The first-order valence-corrected chi connectivity index (χ1v) is 10.4. The first kappa shape index (κ1) is 19.8. The number of aromatic nitrogens is 2. The van der Waals surface area contributed by atoms with E-state index in [0.717, 1.165) is 30.0 Å². The van der Waals surface area contributed by atoms with Crippen molar-refractivity contribution in [3.63, 3.8) is 0 Å². The molecule has 0 spiro atoms. The third kappa shape index (κ3) is 4.40. The molecule has 1 aromatic heterocycles. The maximum Gasteiger partial charge on any atom is 0.263 e. The van der Waals surface area contributed by atoms with E-state index in [4.69, 9.17) is 9.72 Å². The molecule has 0 radical (unpaired) electrons. The Morgan fingerprint density at radius 1 is 1.38 bits per heavy atom. The van der Waals surface area contributed by atoms with Crippen LogP contribution >= 0.6 is 0 Å². The normalized spacial score (nSPS) is 20.1. The Kier molecular flexibility index (Phi) is 6.04. The molecule has 4 rings (SSSR count). The minimum atomic E-state index is -0.708. The second kappa shape index (κ2) is 8.86. The van der Waals surface area contributed by atoms with Crippen molar-refractivity contribution in [2.75, 3.05) is 13.1 Å². The number of carbonyl (C=O) groups is 1. The van der Waals surface area contributed by atoms with Crippen LogP contribution < -0.4 is 10.1 Å². The van der Waals surface area contributed by atoms with Crippen molar-refractivity contribution in [3.8, 4) is 5.75 Å². The van der Waals surface area contributed by atoms with Crippen LogP contribution in [-0.2, 0) is 17.8 Å². The number of rotatable bonds is 5. The Morgan fingerprint density at radius 3 is 3.00 bits per heavy atom. The van der Waals surface area contributed by atoms with Crippen LogP contribution in [0.2, 0.25) is 0 Å². The molecule has 2 aromatic rings. The maximum atomic E-state index is 13.9. The Hall–Kier alpha value is -2.54. The van der Waals surface area contributed by atoms with Gasteiger partial charge in [0.25, 0.3) is 5.91 Å². The van der Waals surface area contributed by atoms with Gasteiger partial charge in [0, 0.05) is 31.3 Å². The third-order valence-corrected chi connectivity index (χ3v) is 5.64. The van der Waals surface area contributed by atoms with Crippen LogP contribution in [-0.4, -0.2) is 40.0 Å². The highest BCUT2D eigenvalue weighted by Gasteiger charge is 2.29. The van der Waals surface area contributed by atoms with E-state index in [1.165, 1.54) is 18.9 Å². The summed E-state index contributed by atoms with van der Waals surface area (Å²) in [5, 5.41) is 3.48. The molecule has 1 saturated heterocycles. The summed E-state index contributed by atoms with van der Waals surface area (Å²) in [7, 11) is 0. The topological polar surface area (TPSA) is 67.3 Å². The van der Waals surface area contributed by atoms with Gasteiger partial charge in [-0.2, -0.15) is 0 Å². The summed E-state index contributed by atoms with van der Waals surface area (Å²) >= 11 is 0. The second-order valence-corrected chi connectivity index (χ2v) is 7.66. The second-order valence-electron chi connectivity index (χ2n) is 7.66. The van der Waals surface area contributed by atoms with E-state index in [2.05, 4.69) is 10.3 Å². The molecule has 1 amide bonds. The summed E-state index contributed by atoms with van der Waals surface area (Å²) in [5.41, 5.74) is 2.00. The predicted octanol–water partition coefficient (Wildman–Crippen LogP) is 3.17. The van der Waals surface area contributed by atoms with E-state index >= 15 is 0 Å². The third-order valence-electron chi connectivity index (χ3n) is 5.64. The van der Waals surface area contributed by atoms with Crippen molar-refractivity contribution in [2.24, 2.45) is 0 Å². The van der Waals surface area contributed by atoms with Crippen LogP contribution in [0.4, 0.5) is 4.39 Å². The number of ether oxygens (including phenoxy) is 1. The number of fused-ring (bicyclic) bond motifs is 1. The summed E-state index contributed by atoms with van der Waals surface area (Å²) in [6.45, 7) is 3.92. The van der Waals surface area contributed by atoms with E-state index in [1.807, 2.05) is 13.1 Å². The number of halogens is 1. The van der Waals surface area contributed by atoms with Gasteiger partial charge in [0.05, 0.1) is 11.7 Å². The van der Waals surface area contributed by atoms with E-state index in [1.54, 1.807) is 23.1 Å². The summed E-state index contributed by atoms with van der Waals surface area (Å²) in [5.74, 6) is 0.384. The van der Waals surface area contributed by atoms with Gasteiger partial charge in [-0.15, -0.1) is 0 Å². The van der Waals surface area contributed by atoms with Gasteiger partial charge in [0.2, 0.25) is 0 Å². The Labute approximate surface area is 170 Å². The molecule has 6 nitrogen and oxygen atoms in total. The highest BCUT2D eigenvalue weighted by atomic mass is 19.1. The number of nitrogens with zero attached hydrogens (tertiary/aromatic N) is 3. The maximum absolute atomic E-state index is 13.9. The Morgan fingerprint density at radius 2 is 2.24 bits per heavy atom.